The molecule has 0 aliphatic rings. The van der Waals surface area contributed by atoms with E-state index < -0.39 is 0 Å². The summed E-state index contributed by atoms with van der Waals surface area (Å²) in [7, 11) is 0. The highest BCUT2D eigenvalue weighted by molar-refractivity contribution is 5.46. The molecule has 0 spiro atoms. The molecule has 0 bridgehead atoms. The van der Waals surface area contributed by atoms with E-state index in [0.29, 0.717) is 25.1 Å². The smallest absolute Gasteiger partial charge is 0.207 e. The maximum atomic E-state index is 10.0. The third-order valence-electron chi connectivity index (χ3n) is 1.87. The van der Waals surface area contributed by atoms with Gasteiger partial charge in [-0.05, 0) is 24.1 Å². The molecule has 0 heterocycles. The largest absolute Gasteiger partial charge is 0.504 e. The number of phenols is 1. The van der Waals surface area contributed by atoms with Crippen LogP contribution in [-0.4, -0.2) is 18.1 Å². The molecule has 0 saturated carbocycles. The minimum absolute atomic E-state index is 0.0681. The van der Waals surface area contributed by atoms with Crippen LogP contribution in [0.5, 0.6) is 11.5 Å². The number of carbonyl (C=O) groups excluding carboxylic acids is 1. The SMILES string of the molecule is C=COc1ccc(CCNC=O)cc1O. The van der Waals surface area contributed by atoms with Crippen molar-refractivity contribution in [3.05, 3.63) is 36.6 Å². The highest BCUT2D eigenvalue weighted by Crippen LogP contribution is 2.26. The quantitative estimate of drug-likeness (QED) is 0.418. The lowest BCUT2D eigenvalue weighted by Gasteiger charge is -2.05. The van der Waals surface area contributed by atoms with E-state index >= 15 is 0 Å². The van der Waals surface area contributed by atoms with Crippen LogP contribution in [-0.2, 0) is 11.2 Å². The van der Waals surface area contributed by atoms with Crippen LogP contribution in [0.4, 0.5) is 0 Å². The van der Waals surface area contributed by atoms with Gasteiger partial charge in [-0.1, -0.05) is 12.6 Å². The standard InChI is InChI=1S/C11H13NO3/c1-2-15-11-4-3-9(7-10(11)14)5-6-12-8-13/h2-4,7-8,14H,1,5-6H2,(H,12,13). The number of carbonyl (C=O) groups is 1. The van der Waals surface area contributed by atoms with Crippen LogP contribution in [0.2, 0.25) is 0 Å². The zero-order chi connectivity index (χ0) is 11.1. The number of benzene rings is 1. The third-order valence-corrected chi connectivity index (χ3v) is 1.87. The van der Waals surface area contributed by atoms with Crippen molar-refractivity contribution in [1.29, 1.82) is 0 Å². The van der Waals surface area contributed by atoms with Crippen LogP contribution in [0, 0.1) is 0 Å². The van der Waals surface area contributed by atoms with E-state index in [-0.39, 0.29) is 5.75 Å². The van der Waals surface area contributed by atoms with Crippen LogP contribution < -0.4 is 10.1 Å². The zero-order valence-corrected chi connectivity index (χ0v) is 8.27. The Kier molecular flexibility index (Phi) is 4.22. The summed E-state index contributed by atoms with van der Waals surface area (Å²) in [6, 6.07) is 5.09. The lowest BCUT2D eigenvalue weighted by molar-refractivity contribution is -0.109. The number of hydrogen-bond acceptors (Lipinski definition) is 3. The first-order valence-electron chi connectivity index (χ1n) is 4.54. The molecule has 4 heteroatoms. The number of ether oxygens (including phenoxy) is 1. The molecule has 1 amide bonds. The maximum Gasteiger partial charge on any atom is 0.207 e. The van der Waals surface area contributed by atoms with Gasteiger partial charge in [0.05, 0.1) is 6.26 Å². The normalized spacial score (nSPS) is 9.33. The van der Waals surface area contributed by atoms with Crippen molar-refractivity contribution in [2.75, 3.05) is 6.54 Å². The van der Waals surface area contributed by atoms with Gasteiger partial charge in [0.15, 0.2) is 11.5 Å². The number of hydrogen-bond donors (Lipinski definition) is 2. The van der Waals surface area contributed by atoms with E-state index in [0.717, 1.165) is 5.56 Å². The van der Waals surface area contributed by atoms with Crippen LogP contribution in [0.15, 0.2) is 31.0 Å². The Morgan fingerprint density at radius 3 is 2.93 bits per heavy atom. The van der Waals surface area contributed by atoms with Gasteiger partial charge in [-0.2, -0.15) is 0 Å². The summed E-state index contributed by atoms with van der Waals surface area (Å²) in [5, 5.41) is 12.1. The van der Waals surface area contributed by atoms with Crippen LogP contribution in [0.1, 0.15) is 5.56 Å². The Morgan fingerprint density at radius 1 is 1.53 bits per heavy atom. The second-order valence-corrected chi connectivity index (χ2v) is 2.91. The fourth-order valence-corrected chi connectivity index (χ4v) is 1.18. The van der Waals surface area contributed by atoms with E-state index in [2.05, 4.69) is 11.9 Å². The predicted octanol–water partition coefficient (Wildman–Crippen LogP) is 1.20. The molecule has 1 rings (SSSR count). The van der Waals surface area contributed by atoms with Gasteiger partial charge in [-0.25, -0.2) is 0 Å². The summed E-state index contributed by atoms with van der Waals surface area (Å²) in [6.45, 7) is 3.94. The average Bonchev–Trinajstić information content (AvgIpc) is 2.23. The molecule has 0 unspecified atom stereocenters. The number of phenolic OH excluding ortho intramolecular Hbond substituents is 1. The number of nitrogens with one attached hydrogen (secondary N) is 1. The van der Waals surface area contributed by atoms with Crippen molar-refractivity contribution in [3.8, 4) is 11.5 Å². The van der Waals surface area contributed by atoms with Crippen molar-refractivity contribution >= 4 is 6.41 Å². The molecule has 80 valence electrons. The zero-order valence-electron chi connectivity index (χ0n) is 8.27. The second kappa shape index (κ2) is 5.70. The van der Waals surface area contributed by atoms with Crippen molar-refractivity contribution in [2.24, 2.45) is 0 Å². The predicted molar refractivity (Wildman–Crippen MR) is 56.7 cm³/mol. The first-order valence-corrected chi connectivity index (χ1v) is 4.54. The molecule has 0 atom stereocenters. The fourth-order valence-electron chi connectivity index (χ4n) is 1.18. The van der Waals surface area contributed by atoms with Crippen LogP contribution >= 0.6 is 0 Å². The van der Waals surface area contributed by atoms with Crippen molar-refractivity contribution in [3.63, 3.8) is 0 Å². The van der Waals surface area contributed by atoms with E-state index in [4.69, 9.17) is 4.74 Å². The summed E-state index contributed by atoms with van der Waals surface area (Å²) in [4.78, 5) is 10.0. The van der Waals surface area contributed by atoms with Gasteiger partial charge in [0.2, 0.25) is 6.41 Å². The average molecular weight is 207 g/mol. The topological polar surface area (TPSA) is 58.6 Å². The molecule has 0 aliphatic heterocycles. The molecule has 1 aromatic carbocycles. The molecule has 0 fully saturated rings. The van der Waals surface area contributed by atoms with E-state index in [1.165, 1.54) is 6.26 Å². The number of rotatable bonds is 6. The lowest BCUT2D eigenvalue weighted by atomic mass is 10.1. The van der Waals surface area contributed by atoms with Gasteiger partial charge in [0.1, 0.15) is 0 Å². The summed E-state index contributed by atoms with van der Waals surface area (Å²) in [5.41, 5.74) is 0.929. The summed E-state index contributed by atoms with van der Waals surface area (Å²) < 4.78 is 4.96. The van der Waals surface area contributed by atoms with Gasteiger partial charge < -0.3 is 15.2 Å². The van der Waals surface area contributed by atoms with Crippen molar-refractivity contribution in [1.82, 2.24) is 5.32 Å². The van der Waals surface area contributed by atoms with Crippen molar-refractivity contribution < 1.29 is 14.6 Å². The van der Waals surface area contributed by atoms with Crippen LogP contribution in [0.3, 0.4) is 0 Å². The van der Waals surface area contributed by atoms with Gasteiger partial charge in [0, 0.05) is 6.54 Å². The number of aromatic hydroxyl groups is 1. The summed E-state index contributed by atoms with van der Waals surface area (Å²) in [5.74, 6) is 0.440. The minimum Gasteiger partial charge on any atom is -0.504 e. The molecule has 0 aromatic heterocycles. The monoisotopic (exact) mass is 207 g/mol. The molecule has 0 radical (unpaired) electrons. The van der Waals surface area contributed by atoms with Gasteiger partial charge >= 0.3 is 0 Å². The maximum absolute atomic E-state index is 10.0. The summed E-state index contributed by atoms with van der Waals surface area (Å²) >= 11 is 0. The highest BCUT2D eigenvalue weighted by Gasteiger charge is 2.02. The Bertz CT molecular complexity index is 350. The Balaban J connectivity index is 2.64. The first-order chi connectivity index (χ1) is 7.27. The molecule has 4 nitrogen and oxygen atoms in total. The first kappa shape index (κ1) is 11.1. The van der Waals surface area contributed by atoms with E-state index in [1.807, 2.05) is 6.07 Å². The van der Waals surface area contributed by atoms with Gasteiger partial charge in [-0.3, -0.25) is 4.79 Å². The molecule has 0 aliphatic carbocycles. The highest BCUT2D eigenvalue weighted by atomic mass is 16.5. The van der Waals surface area contributed by atoms with Crippen LogP contribution in [0.25, 0.3) is 0 Å². The van der Waals surface area contributed by atoms with E-state index in [9.17, 15) is 9.90 Å². The number of amides is 1. The fraction of sp³-hybridized carbons (Fsp3) is 0.182. The molecule has 0 saturated heterocycles. The van der Waals surface area contributed by atoms with Crippen molar-refractivity contribution in [2.45, 2.75) is 6.42 Å². The summed E-state index contributed by atoms with van der Waals surface area (Å²) in [6.07, 6.45) is 2.57. The minimum atomic E-state index is 0.0681. The second-order valence-electron chi connectivity index (χ2n) is 2.91. The third kappa shape index (κ3) is 3.34. The lowest BCUT2D eigenvalue weighted by Crippen LogP contribution is -2.14. The molecular formula is C11H13NO3. The van der Waals surface area contributed by atoms with Gasteiger partial charge in [0.25, 0.3) is 0 Å². The molecule has 15 heavy (non-hydrogen) atoms. The Hall–Kier alpha value is -1.97. The Morgan fingerprint density at radius 2 is 2.33 bits per heavy atom. The molecular weight excluding hydrogens is 194 g/mol. The molecule has 2 N–H and O–H groups in total. The van der Waals surface area contributed by atoms with E-state index in [1.54, 1.807) is 12.1 Å². The molecule has 1 aromatic rings. The van der Waals surface area contributed by atoms with Gasteiger partial charge in [-0.15, -0.1) is 0 Å². The Labute approximate surface area is 88.2 Å².